The van der Waals surface area contributed by atoms with Gasteiger partial charge in [-0.3, -0.25) is 0 Å². The molecule has 3 heteroatoms. The summed E-state index contributed by atoms with van der Waals surface area (Å²) in [7, 11) is 0. The number of benzene rings is 10. The first-order valence-corrected chi connectivity index (χ1v) is 22.3. The molecule has 2 aromatic heterocycles. The molecule has 2 nitrogen and oxygen atoms in total. The van der Waals surface area contributed by atoms with E-state index < -0.39 is 0 Å². The average molecular weight is 821 g/mol. The smallest absolute Gasteiger partial charge is 0.0555 e. The third-order valence-electron chi connectivity index (χ3n) is 12.4. The normalized spacial score (nSPS) is 11.5. The lowest BCUT2D eigenvalue weighted by Crippen LogP contribution is -2.11. The molecule has 296 valence electrons. The molecule has 0 aliphatic rings. The van der Waals surface area contributed by atoms with E-state index in [1.165, 1.54) is 92.2 Å². The Hall–Kier alpha value is -7.98. The Bertz CT molecular complexity index is 3550. The van der Waals surface area contributed by atoms with E-state index in [0.717, 1.165) is 17.1 Å². The summed E-state index contributed by atoms with van der Waals surface area (Å²) in [6.07, 6.45) is 0. The summed E-state index contributed by atoms with van der Waals surface area (Å²) in [5.41, 5.74) is 16.5. The van der Waals surface area contributed by atoms with Crippen molar-refractivity contribution in [2.75, 3.05) is 4.90 Å². The molecule has 2 heterocycles. The molecule has 0 atom stereocenters. The maximum Gasteiger partial charge on any atom is 0.0555 e. The predicted molar refractivity (Wildman–Crippen MR) is 270 cm³/mol. The largest absolute Gasteiger partial charge is 0.309 e. The van der Waals surface area contributed by atoms with Crippen molar-refractivity contribution in [3.63, 3.8) is 0 Å². The van der Waals surface area contributed by atoms with Gasteiger partial charge in [0.25, 0.3) is 0 Å². The van der Waals surface area contributed by atoms with E-state index in [0.29, 0.717) is 0 Å². The molecule has 0 aliphatic carbocycles. The fourth-order valence-electron chi connectivity index (χ4n) is 9.48. The van der Waals surface area contributed by atoms with E-state index >= 15 is 0 Å². The van der Waals surface area contributed by atoms with E-state index in [2.05, 4.69) is 252 Å². The summed E-state index contributed by atoms with van der Waals surface area (Å²) in [6.45, 7) is 0. The van der Waals surface area contributed by atoms with E-state index in [1.54, 1.807) is 0 Å². The number of para-hydroxylation sites is 4. The molecule has 0 aliphatic heterocycles. The maximum atomic E-state index is 2.46. The van der Waals surface area contributed by atoms with Crippen LogP contribution in [0.2, 0.25) is 0 Å². The van der Waals surface area contributed by atoms with Gasteiger partial charge in [0, 0.05) is 47.8 Å². The highest BCUT2D eigenvalue weighted by molar-refractivity contribution is 7.26. The van der Waals surface area contributed by atoms with Gasteiger partial charge in [0.1, 0.15) is 0 Å². The molecule has 0 bridgehead atoms. The van der Waals surface area contributed by atoms with Gasteiger partial charge in [-0.25, -0.2) is 0 Å². The number of rotatable bonds is 8. The van der Waals surface area contributed by atoms with Crippen molar-refractivity contribution in [2.45, 2.75) is 0 Å². The SMILES string of the molecule is c1ccc(-c2ccc(-c3ccccc3N(c3ccc(-c4ccc(-c5ccccc5-n5c6ccccc6c6ccccc65)cc4)cc3)c3cccc4sc5ccccc5c34)cc2)cc1. The average Bonchev–Trinajstić information content (AvgIpc) is 3.91. The Labute approximate surface area is 370 Å². The van der Waals surface area contributed by atoms with Gasteiger partial charge in [0.2, 0.25) is 0 Å². The minimum atomic E-state index is 1.10. The number of hydrogen-bond donors (Lipinski definition) is 0. The minimum Gasteiger partial charge on any atom is -0.309 e. The van der Waals surface area contributed by atoms with Gasteiger partial charge in [-0.05, 0) is 88.0 Å². The van der Waals surface area contributed by atoms with Gasteiger partial charge in [-0.15, -0.1) is 11.3 Å². The van der Waals surface area contributed by atoms with Gasteiger partial charge < -0.3 is 9.47 Å². The van der Waals surface area contributed by atoms with Crippen LogP contribution in [0, 0.1) is 0 Å². The second-order valence-electron chi connectivity index (χ2n) is 16.1. The summed E-state index contributed by atoms with van der Waals surface area (Å²) in [5, 5.41) is 5.08. The summed E-state index contributed by atoms with van der Waals surface area (Å²) in [4.78, 5) is 2.46. The van der Waals surface area contributed by atoms with Crippen LogP contribution in [0.3, 0.4) is 0 Å². The molecule has 0 radical (unpaired) electrons. The molecule has 0 saturated carbocycles. The van der Waals surface area contributed by atoms with Crippen molar-refractivity contribution in [2.24, 2.45) is 0 Å². The Kier molecular flexibility index (Phi) is 9.06. The molecule has 63 heavy (non-hydrogen) atoms. The number of hydrogen-bond acceptors (Lipinski definition) is 2. The second kappa shape index (κ2) is 15.5. The van der Waals surface area contributed by atoms with Crippen LogP contribution in [0.4, 0.5) is 17.1 Å². The van der Waals surface area contributed by atoms with Crippen LogP contribution in [0.1, 0.15) is 0 Å². The monoisotopic (exact) mass is 820 g/mol. The van der Waals surface area contributed by atoms with E-state index in [9.17, 15) is 0 Å². The third kappa shape index (κ3) is 6.41. The van der Waals surface area contributed by atoms with Gasteiger partial charge in [0.05, 0.1) is 28.1 Å². The molecule has 0 N–H and O–H groups in total. The van der Waals surface area contributed by atoms with Crippen LogP contribution in [0.5, 0.6) is 0 Å². The lowest BCUT2D eigenvalue weighted by atomic mass is 9.97. The van der Waals surface area contributed by atoms with Crippen LogP contribution in [0.25, 0.3) is 92.2 Å². The van der Waals surface area contributed by atoms with Crippen molar-refractivity contribution in [1.82, 2.24) is 4.57 Å². The van der Waals surface area contributed by atoms with Crippen molar-refractivity contribution in [3.05, 3.63) is 243 Å². The number of fused-ring (bicyclic) bond motifs is 6. The van der Waals surface area contributed by atoms with Gasteiger partial charge in [0.15, 0.2) is 0 Å². The molecule has 12 rings (SSSR count). The Morgan fingerprint density at radius 3 is 1.44 bits per heavy atom. The topological polar surface area (TPSA) is 8.17 Å². The van der Waals surface area contributed by atoms with Gasteiger partial charge in [-0.2, -0.15) is 0 Å². The zero-order chi connectivity index (χ0) is 41.7. The Morgan fingerprint density at radius 1 is 0.302 bits per heavy atom. The summed E-state index contributed by atoms with van der Waals surface area (Å²) >= 11 is 1.86. The van der Waals surface area contributed by atoms with Gasteiger partial charge >= 0.3 is 0 Å². The van der Waals surface area contributed by atoms with Crippen molar-refractivity contribution in [1.29, 1.82) is 0 Å². The zero-order valence-corrected chi connectivity index (χ0v) is 35.2. The molecule has 0 amide bonds. The van der Waals surface area contributed by atoms with Crippen LogP contribution < -0.4 is 4.90 Å². The van der Waals surface area contributed by atoms with Crippen LogP contribution >= 0.6 is 11.3 Å². The molecule has 0 spiro atoms. The minimum absolute atomic E-state index is 1.10. The van der Waals surface area contributed by atoms with E-state index in [1.807, 2.05) is 11.3 Å². The molecular weight excluding hydrogens is 781 g/mol. The third-order valence-corrected chi connectivity index (χ3v) is 13.6. The summed E-state index contributed by atoms with van der Waals surface area (Å²) < 4.78 is 4.98. The summed E-state index contributed by atoms with van der Waals surface area (Å²) in [6, 6.07) is 88.3. The Balaban J connectivity index is 0.940. The number of aromatic nitrogens is 1. The highest BCUT2D eigenvalue weighted by Gasteiger charge is 2.22. The number of nitrogens with zero attached hydrogens (tertiary/aromatic N) is 2. The first-order valence-electron chi connectivity index (χ1n) is 21.5. The van der Waals surface area contributed by atoms with E-state index in [-0.39, 0.29) is 0 Å². The lowest BCUT2D eigenvalue weighted by Gasteiger charge is -2.29. The molecule has 0 fully saturated rings. The van der Waals surface area contributed by atoms with Crippen LogP contribution in [-0.2, 0) is 0 Å². The Morgan fingerprint density at radius 2 is 0.762 bits per heavy atom. The standard InChI is InChI=1S/C60H40N2S/c1-2-15-41(16-3-1)42-29-33-45(34-30-42)48-17-4-9-22-53(48)61(57-26-14-28-59-60(57)52-21-8-13-27-58(52)63-59)47-39-37-44(38-40-47)43-31-35-46(36-32-43)49-18-5-10-23-54(49)62-55-24-11-6-19-50(55)51-20-7-12-25-56(51)62/h1-40H. The maximum absolute atomic E-state index is 2.46. The summed E-state index contributed by atoms with van der Waals surface area (Å²) in [5.74, 6) is 0. The first kappa shape index (κ1) is 36.8. The van der Waals surface area contributed by atoms with Crippen LogP contribution in [-0.4, -0.2) is 4.57 Å². The zero-order valence-electron chi connectivity index (χ0n) is 34.4. The highest BCUT2D eigenvalue weighted by Crippen LogP contribution is 2.47. The fraction of sp³-hybridized carbons (Fsp3) is 0. The molecule has 0 unspecified atom stereocenters. The van der Waals surface area contributed by atoms with Gasteiger partial charge in [-0.1, -0.05) is 188 Å². The molecular formula is C60H40N2S. The number of thiophene rings is 1. The molecule has 12 aromatic rings. The number of anilines is 3. The second-order valence-corrected chi connectivity index (χ2v) is 17.1. The predicted octanol–water partition coefficient (Wildman–Crippen LogP) is 17.3. The van der Waals surface area contributed by atoms with Crippen molar-refractivity contribution >= 4 is 70.4 Å². The lowest BCUT2D eigenvalue weighted by molar-refractivity contribution is 1.18. The molecule has 0 saturated heterocycles. The van der Waals surface area contributed by atoms with Crippen molar-refractivity contribution in [3.8, 4) is 50.2 Å². The highest BCUT2D eigenvalue weighted by atomic mass is 32.1. The quantitative estimate of drug-likeness (QED) is 0.148. The molecule has 10 aromatic carbocycles. The fourth-order valence-corrected chi connectivity index (χ4v) is 10.6. The van der Waals surface area contributed by atoms with Crippen molar-refractivity contribution < 1.29 is 0 Å². The van der Waals surface area contributed by atoms with Crippen LogP contribution in [0.15, 0.2) is 243 Å². The van der Waals surface area contributed by atoms with E-state index in [4.69, 9.17) is 0 Å². The first-order chi connectivity index (χ1) is 31.3.